The van der Waals surface area contributed by atoms with E-state index in [2.05, 4.69) is 15.5 Å². The molecule has 1 aliphatic carbocycles. The predicted octanol–water partition coefficient (Wildman–Crippen LogP) is 1.94. The third-order valence-corrected chi connectivity index (χ3v) is 5.55. The van der Waals surface area contributed by atoms with E-state index in [1.54, 1.807) is 11.4 Å². The number of carbonyl (C=O) groups excluding carboxylic acids is 2. The molecule has 0 radical (unpaired) electrons. The zero-order valence-corrected chi connectivity index (χ0v) is 14.9. The van der Waals surface area contributed by atoms with Crippen LogP contribution in [0.4, 0.5) is 5.69 Å². The Kier molecular flexibility index (Phi) is 5.86. The van der Waals surface area contributed by atoms with E-state index < -0.39 is 5.97 Å². The van der Waals surface area contributed by atoms with Crippen LogP contribution in [-0.4, -0.2) is 56.1 Å². The summed E-state index contributed by atoms with van der Waals surface area (Å²) in [6.07, 6.45) is 4.93. The predicted molar refractivity (Wildman–Crippen MR) is 94.5 cm³/mol. The Morgan fingerprint density at radius 3 is 2.71 bits per heavy atom. The minimum Gasteiger partial charge on any atom is -0.465 e. The van der Waals surface area contributed by atoms with Crippen LogP contribution in [0.25, 0.3) is 0 Å². The van der Waals surface area contributed by atoms with E-state index in [0.29, 0.717) is 23.2 Å². The SMILES string of the molecule is COC(=O)c1sccc1NC(=O)CN1CCC(NCC2CC2)CC1. The second kappa shape index (κ2) is 8.09. The van der Waals surface area contributed by atoms with Crippen molar-refractivity contribution in [2.75, 3.05) is 38.6 Å². The Morgan fingerprint density at radius 1 is 1.29 bits per heavy atom. The van der Waals surface area contributed by atoms with E-state index in [-0.39, 0.29) is 5.91 Å². The van der Waals surface area contributed by atoms with Gasteiger partial charge in [0.05, 0.1) is 19.3 Å². The summed E-state index contributed by atoms with van der Waals surface area (Å²) >= 11 is 1.27. The summed E-state index contributed by atoms with van der Waals surface area (Å²) in [5, 5.41) is 8.25. The molecule has 0 bridgehead atoms. The van der Waals surface area contributed by atoms with Crippen LogP contribution in [0, 0.1) is 5.92 Å². The third kappa shape index (κ3) is 4.78. The first-order valence-electron chi connectivity index (χ1n) is 8.57. The molecule has 2 aliphatic rings. The van der Waals surface area contributed by atoms with Crippen molar-refractivity contribution in [3.8, 4) is 0 Å². The summed E-state index contributed by atoms with van der Waals surface area (Å²) in [6, 6.07) is 2.33. The summed E-state index contributed by atoms with van der Waals surface area (Å²) in [5.41, 5.74) is 0.540. The van der Waals surface area contributed by atoms with Gasteiger partial charge in [-0.1, -0.05) is 0 Å². The topological polar surface area (TPSA) is 70.7 Å². The monoisotopic (exact) mass is 351 g/mol. The summed E-state index contributed by atoms with van der Waals surface area (Å²) < 4.78 is 4.73. The number of anilines is 1. The molecule has 0 unspecified atom stereocenters. The number of ether oxygens (including phenoxy) is 1. The average Bonchev–Trinajstić information content (AvgIpc) is 3.31. The zero-order valence-electron chi connectivity index (χ0n) is 14.0. The highest BCUT2D eigenvalue weighted by atomic mass is 32.1. The lowest BCUT2D eigenvalue weighted by Crippen LogP contribution is -2.45. The second-order valence-corrected chi connectivity index (χ2v) is 7.52. The molecule has 1 aromatic heterocycles. The molecule has 1 aromatic rings. The molecule has 24 heavy (non-hydrogen) atoms. The number of esters is 1. The molecule has 7 heteroatoms. The lowest BCUT2D eigenvalue weighted by molar-refractivity contribution is -0.117. The normalized spacial score (nSPS) is 19.2. The third-order valence-electron chi connectivity index (χ3n) is 4.66. The van der Waals surface area contributed by atoms with Crippen molar-refractivity contribution in [1.82, 2.24) is 10.2 Å². The van der Waals surface area contributed by atoms with Crippen molar-refractivity contribution in [3.63, 3.8) is 0 Å². The highest BCUT2D eigenvalue weighted by molar-refractivity contribution is 7.12. The van der Waals surface area contributed by atoms with Gasteiger partial charge < -0.3 is 15.4 Å². The summed E-state index contributed by atoms with van der Waals surface area (Å²) in [5.74, 6) is 0.411. The number of piperidine rings is 1. The Labute approximate surface area is 146 Å². The molecule has 2 heterocycles. The fourth-order valence-electron chi connectivity index (χ4n) is 3.00. The van der Waals surface area contributed by atoms with E-state index in [9.17, 15) is 9.59 Å². The van der Waals surface area contributed by atoms with Gasteiger partial charge in [0.25, 0.3) is 0 Å². The molecule has 2 fully saturated rings. The van der Waals surface area contributed by atoms with Gasteiger partial charge >= 0.3 is 5.97 Å². The number of thiophene rings is 1. The lowest BCUT2D eigenvalue weighted by Gasteiger charge is -2.32. The minimum atomic E-state index is -0.414. The quantitative estimate of drug-likeness (QED) is 0.735. The summed E-state index contributed by atoms with van der Waals surface area (Å²) in [7, 11) is 1.34. The summed E-state index contributed by atoms with van der Waals surface area (Å²) in [6.45, 7) is 3.39. The number of rotatable bonds is 7. The van der Waals surface area contributed by atoms with Gasteiger partial charge in [-0.15, -0.1) is 11.3 Å². The van der Waals surface area contributed by atoms with E-state index in [1.807, 2.05) is 0 Å². The van der Waals surface area contributed by atoms with Crippen molar-refractivity contribution >= 4 is 28.9 Å². The molecule has 0 atom stereocenters. The van der Waals surface area contributed by atoms with Gasteiger partial charge in [-0.05, 0) is 49.6 Å². The van der Waals surface area contributed by atoms with E-state index in [0.717, 1.165) is 38.4 Å². The van der Waals surface area contributed by atoms with Gasteiger partial charge in [0, 0.05) is 19.1 Å². The molecule has 2 N–H and O–H groups in total. The molecular weight excluding hydrogens is 326 g/mol. The number of nitrogens with zero attached hydrogens (tertiary/aromatic N) is 1. The highest BCUT2D eigenvalue weighted by Crippen LogP contribution is 2.28. The number of nitrogens with one attached hydrogen (secondary N) is 2. The molecule has 6 nitrogen and oxygen atoms in total. The van der Waals surface area contributed by atoms with Crippen LogP contribution in [0.1, 0.15) is 35.4 Å². The molecule has 1 aliphatic heterocycles. The number of amides is 1. The maximum atomic E-state index is 12.2. The van der Waals surface area contributed by atoms with Gasteiger partial charge in [0.15, 0.2) is 0 Å². The van der Waals surface area contributed by atoms with E-state index in [4.69, 9.17) is 4.74 Å². The van der Waals surface area contributed by atoms with Crippen LogP contribution < -0.4 is 10.6 Å². The van der Waals surface area contributed by atoms with Gasteiger partial charge in [-0.2, -0.15) is 0 Å². The fourth-order valence-corrected chi connectivity index (χ4v) is 3.77. The first-order chi connectivity index (χ1) is 11.7. The first-order valence-corrected chi connectivity index (χ1v) is 9.45. The number of likely N-dealkylation sites (tertiary alicyclic amines) is 1. The molecule has 132 valence electrons. The Morgan fingerprint density at radius 2 is 2.04 bits per heavy atom. The molecule has 0 aromatic carbocycles. The minimum absolute atomic E-state index is 0.0806. The molecular formula is C17H25N3O3S. The number of methoxy groups -OCH3 is 1. The van der Waals surface area contributed by atoms with Crippen molar-refractivity contribution in [3.05, 3.63) is 16.3 Å². The number of hydrogen-bond donors (Lipinski definition) is 2. The van der Waals surface area contributed by atoms with Crippen molar-refractivity contribution in [1.29, 1.82) is 0 Å². The smallest absolute Gasteiger partial charge is 0.350 e. The van der Waals surface area contributed by atoms with Gasteiger partial charge in [-0.25, -0.2) is 4.79 Å². The first kappa shape index (κ1) is 17.4. The number of hydrogen-bond acceptors (Lipinski definition) is 6. The van der Waals surface area contributed by atoms with Crippen LogP contribution in [0.3, 0.4) is 0 Å². The van der Waals surface area contributed by atoms with Gasteiger partial charge in [0.2, 0.25) is 5.91 Å². The van der Waals surface area contributed by atoms with E-state index in [1.165, 1.54) is 31.3 Å². The Hall–Kier alpha value is -1.44. The van der Waals surface area contributed by atoms with Gasteiger partial charge in [0.1, 0.15) is 4.88 Å². The Balaban J connectivity index is 1.41. The van der Waals surface area contributed by atoms with Crippen LogP contribution in [0.2, 0.25) is 0 Å². The molecule has 1 amide bonds. The average molecular weight is 351 g/mol. The van der Waals surface area contributed by atoms with Crippen LogP contribution in [0.5, 0.6) is 0 Å². The molecule has 0 spiro atoms. The molecule has 1 saturated carbocycles. The maximum absolute atomic E-state index is 12.2. The second-order valence-electron chi connectivity index (χ2n) is 6.61. The summed E-state index contributed by atoms with van der Waals surface area (Å²) in [4.78, 5) is 26.5. The highest BCUT2D eigenvalue weighted by Gasteiger charge is 2.25. The fraction of sp³-hybridized carbons (Fsp3) is 0.647. The standard InChI is InChI=1S/C17H25N3O3S/c1-23-17(22)16-14(6-9-24-16)19-15(21)11-20-7-4-13(5-8-20)18-10-12-2-3-12/h6,9,12-13,18H,2-5,7-8,10-11H2,1H3,(H,19,21). The van der Waals surface area contributed by atoms with Crippen molar-refractivity contribution in [2.45, 2.75) is 31.7 Å². The van der Waals surface area contributed by atoms with Crippen LogP contribution in [0.15, 0.2) is 11.4 Å². The largest absolute Gasteiger partial charge is 0.465 e. The lowest BCUT2D eigenvalue weighted by atomic mass is 10.0. The number of carbonyl (C=O) groups is 2. The maximum Gasteiger partial charge on any atom is 0.350 e. The zero-order chi connectivity index (χ0) is 16.9. The van der Waals surface area contributed by atoms with Crippen molar-refractivity contribution < 1.29 is 14.3 Å². The van der Waals surface area contributed by atoms with E-state index >= 15 is 0 Å². The molecule has 1 saturated heterocycles. The van der Waals surface area contributed by atoms with Crippen LogP contribution in [-0.2, 0) is 9.53 Å². The van der Waals surface area contributed by atoms with Crippen molar-refractivity contribution in [2.24, 2.45) is 5.92 Å². The Bertz CT molecular complexity index is 577. The molecule has 3 rings (SSSR count). The van der Waals surface area contributed by atoms with Crippen LogP contribution >= 0.6 is 11.3 Å². The van der Waals surface area contributed by atoms with Gasteiger partial charge in [-0.3, -0.25) is 9.69 Å².